The Kier molecular flexibility index (Phi) is 8.65. The van der Waals surface area contributed by atoms with Gasteiger partial charge in [0.15, 0.2) is 0 Å². The standard InChI is InChI=1S/C14H29NOS2/c1-13(2,3)12(15-6)8-7-11-17-18-14(4,5)9-10-16/h16H,7-11H2,1-6H3/b15-12+. The van der Waals surface area contributed by atoms with Crippen LogP contribution in [0.5, 0.6) is 0 Å². The zero-order valence-corrected chi connectivity index (χ0v) is 14.4. The van der Waals surface area contributed by atoms with Crippen molar-refractivity contribution >= 4 is 27.3 Å². The molecule has 18 heavy (non-hydrogen) atoms. The molecule has 0 atom stereocenters. The first-order chi connectivity index (χ1) is 8.23. The summed E-state index contributed by atoms with van der Waals surface area (Å²) in [5, 5.41) is 8.96. The monoisotopic (exact) mass is 291 g/mol. The van der Waals surface area contributed by atoms with Crippen molar-refractivity contribution < 1.29 is 5.11 Å². The predicted octanol–water partition coefficient (Wildman–Crippen LogP) is 4.43. The lowest BCUT2D eigenvalue weighted by molar-refractivity contribution is 0.275. The fourth-order valence-corrected chi connectivity index (χ4v) is 4.28. The predicted molar refractivity (Wildman–Crippen MR) is 87.9 cm³/mol. The Hall–Kier alpha value is 0.330. The number of hydrogen-bond donors (Lipinski definition) is 1. The third-order valence-corrected chi connectivity index (χ3v) is 6.21. The molecule has 0 aliphatic rings. The van der Waals surface area contributed by atoms with Crippen LogP contribution in [0.2, 0.25) is 0 Å². The van der Waals surface area contributed by atoms with Crippen LogP contribution in [0, 0.1) is 5.41 Å². The van der Waals surface area contributed by atoms with Gasteiger partial charge in [0.25, 0.3) is 0 Å². The lowest BCUT2D eigenvalue weighted by atomic mass is 9.87. The largest absolute Gasteiger partial charge is 0.396 e. The molecule has 0 unspecified atom stereocenters. The Balaban J connectivity index is 3.81. The van der Waals surface area contributed by atoms with Gasteiger partial charge in [-0.2, -0.15) is 0 Å². The molecular weight excluding hydrogens is 262 g/mol. The fourth-order valence-electron chi connectivity index (χ4n) is 1.63. The molecule has 0 aromatic carbocycles. The van der Waals surface area contributed by atoms with Gasteiger partial charge < -0.3 is 5.11 Å². The summed E-state index contributed by atoms with van der Waals surface area (Å²) in [6.07, 6.45) is 3.12. The van der Waals surface area contributed by atoms with Gasteiger partial charge in [-0.15, -0.1) is 0 Å². The molecule has 0 aliphatic carbocycles. The minimum Gasteiger partial charge on any atom is -0.396 e. The molecule has 0 heterocycles. The van der Waals surface area contributed by atoms with Crippen molar-refractivity contribution in [3.05, 3.63) is 0 Å². The van der Waals surface area contributed by atoms with Crippen LogP contribution in [-0.4, -0.2) is 35.0 Å². The van der Waals surface area contributed by atoms with Crippen molar-refractivity contribution in [2.24, 2.45) is 10.4 Å². The molecule has 0 bridgehead atoms. The van der Waals surface area contributed by atoms with E-state index in [1.54, 1.807) is 0 Å². The number of aliphatic hydroxyl groups excluding tert-OH is 1. The van der Waals surface area contributed by atoms with Crippen LogP contribution in [-0.2, 0) is 0 Å². The number of aliphatic hydroxyl groups is 1. The summed E-state index contributed by atoms with van der Waals surface area (Å²) in [6.45, 7) is 11.3. The van der Waals surface area contributed by atoms with Crippen molar-refractivity contribution in [3.63, 3.8) is 0 Å². The first kappa shape index (κ1) is 18.3. The summed E-state index contributed by atoms with van der Waals surface area (Å²) in [5.74, 6) is 1.15. The van der Waals surface area contributed by atoms with Crippen LogP contribution < -0.4 is 0 Å². The van der Waals surface area contributed by atoms with Gasteiger partial charge in [0.2, 0.25) is 0 Å². The second-order valence-corrected chi connectivity index (χ2v) is 9.29. The summed E-state index contributed by atoms with van der Waals surface area (Å²) in [7, 11) is 5.70. The summed E-state index contributed by atoms with van der Waals surface area (Å²) in [6, 6.07) is 0. The highest BCUT2D eigenvalue weighted by molar-refractivity contribution is 8.77. The minimum absolute atomic E-state index is 0.172. The lowest BCUT2D eigenvalue weighted by Crippen LogP contribution is -2.20. The van der Waals surface area contributed by atoms with Crippen molar-refractivity contribution in [1.29, 1.82) is 0 Å². The molecule has 0 amide bonds. The van der Waals surface area contributed by atoms with Gasteiger partial charge in [-0.3, -0.25) is 4.99 Å². The third-order valence-electron chi connectivity index (χ3n) is 2.78. The summed E-state index contributed by atoms with van der Waals surface area (Å²) in [5.41, 5.74) is 1.51. The second-order valence-electron chi connectivity index (χ2n) is 6.16. The number of aliphatic imine (C=N–C) groups is 1. The summed E-state index contributed by atoms with van der Waals surface area (Å²) >= 11 is 0. The maximum absolute atomic E-state index is 8.96. The van der Waals surface area contributed by atoms with Gasteiger partial charge in [0.1, 0.15) is 0 Å². The zero-order chi connectivity index (χ0) is 14.2. The third kappa shape index (κ3) is 8.44. The Morgan fingerprint density at radius 2 is 1.78 bits per heavy atom. The minimum atomic E-state index is 0.172. The van der Waals surface area contributed by atoms with E-state index in [9.17, 15) is 0 Å². The van der Waals surface area contributed by atoms with Gasteiger partial charge in [-0.25, -0.2) is 0 Å². The van der Waals surface area contributed by atoms with E-state index in [2.05, 4.69) is 39.6 Å². The van der Waals surface area contributed by atoms with Crippen molar-refractivity contribution in [2.75, 3.05) is 19.4 Å². The molecule has 0 aliphatic heterocycles. The molecule has 0 aromatic rings. The highest BCUT2D eigenvalue weighted by atomic mass is 33.1. The molecule has 1 N–H and O–H groups in total. The molecule has 0 spiro atoms. The van der Waals surface area contributed by atoms with E-state index in [-0.39, 0.29) is 16.8 Å². The topological polar surface area (TPSA) is 32.6 Å². The van der Waals surface area contributed by atoms with E-state index in [1.807, 2.05) is 28.6 Å². The molecule has 0 saturated heterocycles. The van der Waals surface area contributed by atoms with Crippen LogP contribution in [0.4, 0.5) is 0 Å². The van der Waals surface area contributed by atoms with Gasteiger partial charge in [-0.1, -0.05) is 42.4 Å². The normalized spacial score (nSPS) is 14.1. The SMILES string of the molecule is C/N=C(\CCCSSC(C)(C)CCO)C(C)(C)C. The van der Waals surface area contributed by atoms with Crippen molar-refractivity contribution in [3.8, 4) is 0 Å². The smallest absolute Gasteiger partial charge is 0.0444 e. The van der Waals surface area contributed by atoms with Crippen LogP contribution >= 0.6 is 21.6 Å². The quantitative estimate of drug-likeness (QED) is 0.408. The first-order valence-electron chi connectivity index (χ1n) is 6.60. The lowest BCUT2D eigenvalue weighted by Gasteiger charge is -2.23. The Labute approximate surface area is 121 Å². The Morgan fingerprint density at radius 1 is 1.17 bits per heavy atom. The zero-order valence-electron chi connectivity index (χ0n) is 12.7. The highest BCUT2D eigenvalue weighted by Crippen LogP contribution is 2.38. The maximum atomic E-state index is 8.96. The molecule has 4 heteroatoms. The van der Waals surface area contributed by atoms with E-state index in [0.717, 1.165) is 18.6 Å². The molecule has 108 valence electrons. The van der Waals surface area contributed by atoms with E-state index >= 15 is 0 Å². The van der Waals surface area contributed by atoms with Crippen LogP contribution in [0.25, 0.3) is 0 Å². The molecule has 0 rings (SSSR count). The van der Waals surface area contributed by atoms with Crippen LogP contribution in [0.15, 0.2) is 4.99 Å². The number of nitrogens with zero attached hydrogens (tertiary/aromatic N) is 1. The van der Waals surface area contributed by atoms with E-state index in [0.29, 0.717) is 0 Å². The summed E-state index contributed by atoms with van der Waals surface area (Å²) in [4.78, 5) is 4.40. The van der Waals surface area contributed by atoms with Crippen LogP contribution in [0.1, 0.15) is 53.9 Å². The molecule has 0 aromatic heterocycles. The van der Waals surface area contributed by atoms with Gasteiger partial charge in [0, 0.05) is 29.9 Å². The van der Waals surface area contributed by atoms with Crippen molar-refractivity contribution in [2.45, 2.75) is 58.6 Å². The summed E-state index contributed by atoms with van der Waals surface area (Å²) < 4.78 is 0.172. The molecular formula is C14H29NOS2. The molecule has 2 nitrogen and oxygen atoms in total. The van der Waals surface area contributed by atoms with E-state index in [4.69, 9.17) is 5.11 Å². The maximum Gasteiger partial charge on any atom is 0.0444 e. The number of rotatable bonds is 8. The molecule has 0 saturated carbocycles. The van der Waals surface area contributed by atoms with Gasteiger partial charge in [-0.05, 0) is 38.5 Å². The van der Waals surface area contributed by atoms with Gasteiger partial charge >= 0.3 is 0 Å². The Morgan fingerprint density at radius 3 is 2.22 bits per heavy atom. The highest BCUT2D eigenvalue weighted by Gasteiger charge is 2.19. The average Bonchev–Trinajstić information content (AvgIpc) is 2.21. The second kappa shape index (κ2) is 8.49. The molecule has 0 fully saturated rings. The van der Waals surface area contributed by atoms with Crippen LogP contribution in [0.3, 0.4) is 0 Å². The fraction of sp³-hybridized carbons (Fsp3) is 0.929. The average molecular weight is 292 g/mol. The van der Waals surface area contributed by atoms with Gasteiger partial charge in [0.05, 0.1) is 0 Å². The van der Waals surface area contributed by atoms with E-state index < -0.39 is 0 Å². The Bertz CT molecular complexity index is 257. The van der Waals surface area contributed by atoms with Crippen molar-refractivity contribution in [1.82, 2.24) is 0 Å². The van der Waals surface area contributed by atoms with E-state index in [1.165, 1.54) is 12.1 Å². The first-order valence-corrected chi connectivity index (χ1v) is 8.92. The molecule has 0 radical (unpaired) electrons. The number of hydrogen-bond acceptors (Lipinski definition) is 4.